The number of amides is 1. The molecule has 1 amide bonds. The van der Waals surface area contributed by atoms with E-state index in [1.807, 2.05) is 47.7 Å². The molecule has 11 nitrogen and oxygen atoms in total. The Hall–Kier alpha value is -3.24. The average molecular weight is 677 g/mol. The molecule has 0 saturated carbocycles. The molecule has 0 saturated heterocycles. The number of methoxy groups -OCH3 is 3. The summed E-state index contributed by atoms with van der Waals surface area (Å²) in [5, 5.41) is 11.6. The van der Waals surface area contributed by atoms with Crippen molar-refractivity contribution in [2.24, 2.45) is 0 Å². The van der Waals surface area contributed by atoms with Gasteiger partial charge in [0, 0.05) is 42.1 Å². The number of alkyl halides is 2. The highest BCUT2D eigenvalue weighted by Gasteiger charge is 2.29. The number of para-hydroxylation sites is 1. The Bertz CT molecular complexity index is 1460. The molecule has 1 heterocycles. The van der Waals surface area contributed by atoms with E-state index in [2.05, 4.69) is 9.97 Å². The molecule has 0 spiro atoms. The number of benzene rings is 2. The number of aromatic nitrogens is 2. The number of aliphatic hydroxyl groups excluding tert-OH is 1. The molecule has 1 aromatic heterocycles. The maximum Gasteiger partial charge on any atom is 0.355 e. The Morgan fingerprint density at radius 3 is 2.14 bits per heavy atom. The summed E-state index contributed by atoms with van der Waals surface area (Å²) in [7, 11) is -0.951. The quantitative estimate of drug-likeness (QED) is 0.231. The lowest BCUT2D eigenvalue weighted by Crippen LogP contribution is -2.26. The number of halogens is 3. The maximum absolute atomic E-state index is 12.9. The van der Waals surface area contributed by atoms with Crippen molar-refractivity contribution >= 4 is 44.3 Å². The fourth-order valence-corrected chi connectivity index (χ4v) is 5.53. The van der Waals surface area contributed by atoms with Gasteiger partial charge in [0.05, 0.1) is 32.6 Å². The summed E-state index contributed by atoms with van der Waals surface area (Å²) in [4.78, 5) is 21.6. The minimum absolute atomic E-state index is 0.0471. The van der Waals surface area contributed by atoms with Gasteiger partial charge in [-0.3, -0.25) is 9.52 Å². The fraction of sp³-hybridized carbons (Fsp3) is 0.393. The molecule has 0 bridgehead atoms. The van der Waals surface area contributed by atoms with Gasteiger partial charge in [0.15, 0.2) is 5.82 Å². The van der Waals surface area contributed by atoms with Gasteiger partial charge in [-0.25, -0.2) is 8.42 Å². The number of ether oxygens (including phenoxy) is 3. The summed E-state index contributed by atoms with van der Waals surface area (Å²) < 4.78 is 66.0. The minimum atomic E-state index is -5.00. The third-order valence-corrected chi connectivity index (χ3v) is 8.23. The van der Waals surface area contributed by atoms with E-state index in [4.69, 9.17) is 25.8 Å². The summed E-state index contributed by atoms with van der Waals surface area (Å²) in [5.41, 5.74) is 0.949. The van der Waals surface area contributed by atoms with Gasteiger partial charge in [-0.15, -0.1) is 0 Å². The van der Waals surface area contributed by atoms with Crippen molar-refractivity contribution in [3.05, 3.63) is 76.1 Å². The highest BCUT2D eigenvalue weighted by molar-refractivity contribution is 8.12. The van der Waals surface area contributed by atoms with E-state index >= 15 is 0 Å². The van der Waals surface area contributed by atoms with Crippen molar-refractivity contribution in [1.29, 1.82) is 0 Å². The molecular weight excluding hydrogens is 642 g/mol. The first kappa shape index (κ1) is 36.9. The number of carbonyl (C=O) groups is 1. The molecule has 3 aromatic rings. The van der Waals surface area contributed by atoms with Crippen molar-refractivity contribution in [3.8, 4) is 11.8 Å². The predicted octanol–water partition coefficient (Wildman–Crippen LogP) is 5.72. The van der Waals surface area contributed by atoms with Crippen LogP contribution in [0.2, 0.25) is 5.02 Å². The monoisotopic (exact) mass is 676 g/mol. The summed E-state index contributed by atoms with van der Waals surface area (Å²) in [6.07, 6.45) is -1.57. The molecule has 0 aliphatic heterocycles. The summed E-state index contributed by atoms with van der Waals surface area (Å²) >= 11 is 7.32. The normalized spacial score (nSPS) is 11.8. The summed E-state index contributed by atoms with van der Waals surface area (Å²) in [6.45, 7) is 5.38. The minimum Gasteiger partial charge on any atom is -0.481 e. The highest BCUT2D eigenvalue weighted by atomic mass is 35.5. The van der Waals surface area contributed by atoms with Gasteiger partial charge in [0.2, 0.25) is 11.8 Å². The van der Waals surface area contributed by atoms with Crippen molar-refractivity contribution in [3.63, 3.8) is 0 Å². The Balaban J connectivity index is 0.000000358. The lowest BCUT2D eigenvalue weighted by molar-refractivity contribution is 0.184. The molecule has 2 aromatic carbocycles. The second-order valence-electron chi connectivity index (χ2n) is 8.75. The molecule has 242 valence electrons. The Labute approximate surface area is 264 Å². The van der Waals surface area contributed by atoms with E-state index in [0.717, 1.165) is 23.7 Å². The van der Waals surface area contributed by atoms with Gasteiger partial charge >= 0.3 is 5.76 Å². The number of sulfonamides is 1. The van der Waals surface area contributed by atoms with E-state index in [9.17, 15) is 27.1 Å². The number of rotatable bonds is 13. The number of carbonyl (C=O) groups excluding carboxylic acids is 1. The van der Waals surface area contributed by atoms with Crippen LogP contribution in [0, 0.1) is 0 Å². The van der Waals surface area contributed by atoms with Crippen LogP contribution in [0.15, 0.2) is 48.5 Å². The summed E-state index contributed by atoms with van der Waals surface area (Å²) in [6, 6.07) is 13.3. The smallest absolute Gasteiger partial charge is 0.355 e. The second kappa shape index (κ2) is 17.9. The van der Waals surface area contributed by atoms with Crippen LogP contribution in [-0.2, 0) is 27.1 Å². The highest BCUT2D eigenvalue weighted by Crippen LogP contribution is 2.33. The predicted molar refractivity (Wildman–Crippen MR) is 166 cm³/mol. The zero-order valence-corrected chi connectivity index (χ0v) is 27.2. The van der Waals surface area contributed by atoms with Crippen LogP contribution < -0.4 is 14.2 Å². The lowest BCUT2D eigenvalue weighted by atomic mass is 10.0. The fourth-order valence-electron chi connectivity index (χ4n) is 3.65. The molecule has 0 aliphatic carbocycles. The lowest BCUT2D eigenvalue weighted by Gasteiger charge is -2.19. The third kappa shape index (κ3) is 10.4. The van der Waals surface area contributed by atoms with Gasteiger partial charge in [-0.1, -0.05) is 59.8 Å². The van der Waals surface area contributed by atoms with Crippen LogP contribution in [0.25, 0.3) is 0 Å². The van der Waals surface area contributed by atoms with E-state index < -0.39 is 21.9 Å². The number of thioether (sulfide) groups is 1. The number of nitrogens with zero attached hydrogens (tertiary/aromatic N) is 3. The Morgan fingerprint density at radius 1 is 1.02 bits per heavy atom. The maximum atomic E-state index is 12.9. The van der Waals surface area contributed by atoms with Crippen LogP contribution >= 0.6 is 23.4 Å². The van der Waals surface area contributed by atoms with Crippen LogP contribution in [0.1, 0.15) is 42.5 Å². The first-order chi connectivity index (χ1) is 20.9. The van der Waals surface area contributed by atoms with Crippen LogP contribution in [0.4, 0.5) is 19.3 Å². The molecule has 1 atom stereocenters. The van der Waals surface area contributed by atoms with Crippen molar-refractivity contribution in [2.45, 2.75) is 38.1 Å². The van der Waals surface area contributed by atoms with Gasteiger partial charge in [0.1, 0.15) is 6.10 Å². The molecule has 16 heteroatoms. The molecule has 2 N–H and O–H groups in total. The molecule has 0 fully saturated rings. The zero-order valence-electron chi connectivity index (χ0n) is 24.8. The van der Waals surface area contributed by atoms with E-state index in [1.54, 1.807) is 0 Å². The van der Waals surface area contributed by atoms with Crippen molar-refractivity contribution in [2.75, 3.05) is 39.1 Å². The molecule has 44 heavy (non-hydrogen) atoms. The zero-order chi connectivity index (χ0) is 32.9. The molecular formula is C28H35ClF2N4O7S2. The van der Waals surface area contributed by atoms with Crippen LogP contribution in [-0.4, -0.2) is 73.8 Å². The van der Waals surface area contributed by atoms with Crippen LogP contribution in [0.5, 0.6) is 11.8 Å². The molecule has 0 radical (unpaired) electrons. The van der Waals surface area contributed by atoms with Crippen molar-refractivity contribution < 1.29 is 41.3 Å². The number of aliphatic hydroxyl groups is 1. The SMILES string of the molecule is CCN(CC)C(=O)SCc1ccccc1Cl.COCc1cccc(C(O)c2nc(OC)cc(OC)n2)c1NS(=O)(=O)C(F)F. The standard InChI is InChI=1S/C16H19F2N3O6S.C12H16ClNOS/c1-25-8-9-5-4-6-10(13(9)21-28(23,24)16(17)18)14(22)15-19-11(26-2)7-12(20-15)27-3;1-3-14(4-2)12(15)16-9-10-7-5-6-8-11(10)13/h4-7,14,16,21-22H,8H2,1-3H3;5-8H,3-4,9H2,1-2H3. The number of hydrogen-bond donors (Lipinski definition) is 2. The molecule has 0 aliphatic rings. The molecule has 3 rings (SSSR count). The Kier molecular flexibility index (Phi) is 15.0. The van der Waals surface area contributed by atoms with Crippen molar-refractivity contribution in [1.82, 2.24) is 14.9 Å². The van der Waals surface area contributed by atoms with E-state index in [-0.39, 0.29) is 46.2 Å². The number of nitrogens with one attached hydrogen (secondary N) is 1. The van der Waals surface area contributed by atoms with Gasteiger partial charge < -0.3 is 24.2 Å². The number of anilines is 1. The van der Waals surface area contributed by atoms with E-state index in [0.29, 0.717) is 5.75 Å². The Morgan fingerprint density at radius 2 is 1.61 bits per heavy atom. The third-order valence-electron chi connectivity index (χ3n) is 5.95. The van der Waals surface area contributed by atoms with Gasteiger partial charge in [-0.2, -0.15) is 18.7 Å². The van der Waals surface area contributed by atoms with Crippen LogP contribution in [0.3, 0.4) is 0 Å². The van der Waals surface area contributed by atoms with Gasteiger partial charge in [0.25, 0.3) is 15.3 Å². The van der Waals surface area contributed by atoms with E-state index in [1.165, 1.54) is 57.4 Å². The molecule has 1 unspecified atom stereocenters. The largest absolute Gasteiger partial charge is 0.481 e. The first-order valence-electron chi connectivity index (χ1n) is 13.1. The number of hydrogen-bond acceptors (Lipinski definition) is 10. The van der Waals surface area contributed by atoms with Gasteiger partial charge in [-0.05, 0) is 25.5 Å². The average Bonchev–Trinajstić information content (AvgIpc) is 3.01. The summed E-state index contributed by atoms with van der Waals surface area (Å²) in [5.74, 6) is -3.04. The first-order valence-corrected chi connectivity index (χ1v) is 16.0. The second-order valence-corrected chi connectivity index (χ2v) is 11.7. The topological polar surface area (TPSA) is 140 Å².